The van der Waals surface area contributed by atoms with Gasteiger partial charge in [0, 0.05) is 27.7 Å². The first-order valence-corrected chi connectivity index (χ1v) is 22.7. The Morgan fingerprint density at radius 3 is 1.55 bits per heavy atom. The fourth-order valence-electron chi connectivity index (χ4n) is 10.4. The maximum absolute atomic E-state index is 6.36. The molecular formula is C64H41NO. The summed E-state index contributed by atoms with van der Waals surface area (Å²) in [6.45, 7) is 0. The molecule has 13 rings (SSSR count). The van der Waals surface area contributed by atoms with Gasteiger partial charge in [-0.25, -0.2) is 0 Å². The van der Waals surface area contributed by atoms with Crippen LogP contribution in [0.15, 0.2) is 253 Å². The molecule has 0 aliphatic carbocycles. The van der Waals surface area contributed by atoms with Crippen LogP contribution in [-0.2, 0) is 0 Å². The Labute approximate surface area is 382 Å². The summed E-state index contributed by atoms with van der Waals surface area (Å²) in [7, 11) is 0. The van der Waals surface area contributed by atoms with Gasteiger partial charge in [0.25, 0.3) is 0 Å². The molecule has 0 radical (unpaired) electrons. The molecule has 308 valence electrons. The van der Waals surface area contributed by atoms with Crippen molar-refractivity contribution in [2.75, 3.05) is 4.90 Å². The Bertz CT molecular complexity index is 3980. The summed E-state index contributed by atoms with van der Waals surface area (Å²) in [5, 5.41) is 12.2. The van der Waals surface area contributed by atoms with E-state index in [1.54, 1.807) is 0 Å². The lowest BCUT2D eigenvalue weighted by molar-refractivity contribution is 0.669. The van der Waals surface area contributed by atoms with Crippen LogP contribution in [-0.4, -0.2) is 0 Å². The van der Waals surface area contributed by atoms with Crippen LogP contribution in [0.1, 0.15) is 0 Å². The van der Waals surface area contributed by atoms with E-state index in [9.17, 15) is 0 Å². The zero-order valence-corrected chi connectivity index (χ0v) is 36.0. The molecule has 0 aliphatic heterocycles. The predicted molar refractivity (Wildman–Crippen MR) is 280 cm³/mol. The van der Waals surface area contributed by atoms with Crippen molar-refractivity contribution in [2.45, 2.75) is 0 Å². The molecule has 1 heterocycles. The Balaban J connectivity index is 1.04. The van der Waals surface area contributed by atoms with Crippen molar-refractivity contribution < 1.29 is 4.42 Å². The minimum atomic E-state index is 0.871. The van der Waals surface area contributed by atoms with Crippen molar-refractivity contribution in [3.8, 4) is 44.5 Å². The van der Waals surface area contributed by atoms with E-state index >= 15 is 0 Å². The molecular weight excluding hydrogens is 799 g/mol. The number of nitrogens with zero attached hydrogens (tertiary/aromatic N) is 1. The van der Waals surface area contributed by atoms with Gasteiger partial charge in [-0.15, -0.1) is 0 Å². The van der Waals surface area contributed by atoms with Crippen LogP contribution in [0, 0.1) is 0 Å². The third-order valence-corrected chi connectivity index (χ3v) is 13.4. The molecule has 2 heteroatoms. The molecule has 66 heavy (non-hydrogen) atoms. The maximum Gasteiger partial charge on any atom is 0.135 e. The summed E-state index contributed by atoms with van der Waals surface area (Å²) in [4.78, 5) is 2.41. The Kier molecular flexibility index (Phi) is 8.89. The van der Waals surface area contributed by atoms with E-state index in [1.165, 1.54) is 76.5 Å². The first-order chi connectivity index (χ1) is 32.7. The second-order valence-electron chi connectivity index (χ2n) is 17.2. The van der Waals surface area contributed by atoms with Gasteiger partial charge in [-0.2, -0.15) is 0 Å². The molecule has 1 aromatic heterocycles. The van der Waals surface area contributed by atoms with Gasteiger partial charge >= 0.3 is 0 Å². The molecule has 0 aliphatic rings. The van der Waals surface area contributed by atoms with Crippen molar-refractivity contribution in [3.63, 3.8) is 0 Å². The van der Waals surface area contributed by atoms with Gasteiger partial charge in [-0.05, 0) is 137 Å². The number of fused-ring (bicyclic) bond motifs is 9. The van der Waals surface area contributed by atoms with Crippen LogP contribution in [0.5, 0.6) is 0 Å². The van der Waals surface area contributed by atoms with Crippen LogP contribution in [0.2, 0.25) is 0 Å². The summed E-state index contributed by atoms with van der Waals surface area (Å²) >= 11 is 0. The lowest BCUT2D eigenvalue weighted by Gasteiger charge is -2.28. The highest BCUT2D eigenvalue weighted by Crippen LogP contribution is 2.48. The van der Waals surface area contributed by atoms with E-state index in [0.29, 0.717) is 0 Å². The first kappa shape index (κ1) is 37.8. The van der Waals surface area contributed by atoms with Gasteiger partial charge in [0.15, 0.2) is 0 Å². The highest BCUT2D eigenvalue weighted by atomic mass is 16.3. The lowest BCUT2D eigenvalue weighted by atomic mass is 9.84. The molecule has 0 saturated carbocycles. The third-order valence-electron chi connectivity index (χ3n) is 13.4. The lowest BCUT2D eigenvalue weighted by Crippen LogP contribution is -2.11. The summed E-state index contributed by atoms with van der Waals surface area (Å²) in [5.41, 5.74) is 14.5. The maximum atomic E-state index is 6.36. The van der Waals surface area contributed by atoms with Crippen molar-refractivity contribution in [1.29, 1.82) is 0 Å². The minimum Gasteiger partial charge on any atom is -0.456 e. The number of hydrogen-bond acceptors (Lipinski definition) is 2. The van der Waals surface area contributed by atoms with Crippen molar-refractivity contribution in [2.24, 2.45) is 0 Å². The van der Waals surface area contributed by atoms with Crippen molar-refractivity contribution >= 4 is 82.1 Å². The van der Waals surface area contributed by atoms with Gasteiger partial charge in [0.1, 0.15) is 11.2 Å². The molecule has 12 aromatic carbocycles. The first-order valence-electron chi connectivity index (χ1n) is 22.7. The number of anilines is 3. The van der Waals surface area contributed by atoms with E-state index in [2.05, 4.69) is 241 Å². The fraction of sp³-hybridized carbons (Fsp3) is 0. The second-order valence-corrected chi connectivity index (χ2v) is 17.2. The van der Waals surface area contributed by atoms with Gasteiger partial charge in [-0.3, -0.25) is 0 Å². The molecule has 0 N–H and O–H groups in total. The molecule has 0 atom stereocenters. The van der Waals surface area contributed by atoms with Crippen LogP contribution in [0.4, 0.5) is 17.1 Å². The zero-order chi connectivity index (χ0) is 43.6. The standard InChI is InChI=1S/C64H41NO/c1-3-17-43(18-4-1)63-56-28-12-11-25-52(56)54-37-33-46(40-59(54)64(63)44-19-5-2-6-20-44)50-23-13-15-29-60(50)65(48-36-38-62-58(41-48)55-27-14-16-30-61(55)66-62)47-34-31-42(32-35-47)57-39-45-21-7-8-22-49(45)51-24-9-10-26-53(51)57/h1-41H. The zero-order valence-electron chi connectivity index (χ0n) is 36.0. The van der Waals surface area contributed by atoms with E-state index in [-0.39, 0.29) is 0 Å². The van der Waals surface area contributed by atoms with Crippen molar-refractivity contribution in [1.82, 2.24) is 0 Å². The number of furan rings is 1. The summed E-state index contributed by atoms with van der Waals surface area (Å²) in [5.74, 6) is 0. The van der Waals surface area contributed by atoms with Crippen LogP contribution >= 0.6 is 0 Å². The Morgan fingerprint density at radius 1 is 0.258 bits per heavy atom. The minimum absolute atomic E-state index is 0.871. The largest absolute Gasteiger partial charge is 0.456 e. The molecule has 0 bridgehead atoms. The SMILES string of the molecule is c1ccc(-c2c(-c3ccccc3)c3cc(-c4ccccc4N(c4ccc(-c5cc6ccccc6c6ccccc56)cc4)c4ccc5oc6ccccc6c5c4)ccc3c3ccccc23)cc1. The van der Waals surface area contributed by atoms with Crippen LogP contribution < -0.4 is 4.90 Å². The number of hydrogen-bond donors (Lipinski definition) is 0. The molecule has 0 fully saturated rings. The highest BCUT2D eigenvalue weighted by Gasteiger charge is 2.22. The Hall–Kier alpha value is -8.72. The summed E-state index contributed by atoms with van der Waals surface area (Å²) in [6, 6.07) is 90.4. The quantitative estimate of drug-likeness (QED) is 0.149. The molecule has 0 saturated heterocycles. The van der Waals surface area contributed by atoms with E-state index in [1.807, 2.05) is 12.1 Å². The Morgan fingerprint density at radius 2 is 0.788 bits per heavy atom. The molecule has 0 unspecified atom stereocenters. The van der Waals surface area contributed by atoms with Gasteiger partial charge < -0.3 is 9.32 Å². The number of para-hydroxylation sites is 2. The topological polar surface area (TPSA) is 16.4 Å². The van der Waals surface area contributed by atoms with Gasteiger partial charge in [0.05, 0.1) is 5.69 Å². The molecule has 2 nitrogen and oxygen atoms in total. The van der Waals surface area contributed by atoms with E-state index in [0.717, 1.165) is 50.1 Å². The van der Waals surface area contributed by atoms with Crippen LogP contribution in [0.3, 0.4) is 0 Å². The van der Waals surface area contributed by atoms with E-state index < -0.39 is 0 Å². The van der Waals surface area contributed by atoms with E-state index in [4.69, 9.17) is 4.42 Å². The smallest absolute Gasteiger partial charge is 0.135 e. The normalized spacial score (nSPS) is 11.6. The molecule has 0 amide bonds. The van der Waals surface area contributed by atoms with Gasteiger partial charge in [-0.1, -0.05) is 194 Å². The third kappa shape index (κ3) is 6.18. The average molecular weight is 840 g/mol. The summed E-state index contributed by atoms with van der Waals surface area (Å²) in [6.07, 6.45) is 0. The van der Waals surface area contributed by atoms with Gasteiger partial charge in [0.2, 0.25) is 0 Å². The summed E-state index contributed by atoms with van der Waals surface area (Å²) < 4.78 is 6.36. The fourth-order valence-corrected chi connectivity index (χ4v) is 10.4. The molecule has 13 aromatic rings. The second kappa shape index (κ2) is 15.5. The number of rotatable bonds is 7. The number of benzene rings is 12. The monoisotopic (exact) mass is 839 g/mol. The van der Waals surface area contributed by atoms with Crippen LogP contribution in [0.25, 0.3) is 110 Å². The molecule has 0 spiro atoms. The van der Waals surface area contributed by atoms with Crippen molar-refractivity contribution in [3.05, 3.63) is 249 Å². The average Bonchev–Trinajstić information content (AvgIpc) is 3.77. The highest BCUT2D eigenvalue weighted by molar-refractivity contribution is 6.22. The predicted octanol–water partition coefficient (Wildman–Crippen LogP) is 18.3.